The van der Waals surface area contributed by atoms with Crippen LogP contribution in [0.5, 0.6) is 0 Å². The zero-order valence-corrected chi connectivity index (χ0v) is 14.3. The Hall–Kier alpha value is -0.233. The molecular formula is C14H28O4Si. The molecule has 0 aromatic heterocycles. The van der Waals surface area contributed by atoms with Crippen molar-refractivity contribution in [2.45, 2.75) is 77.2 Å². The van der Waals surface area contributed by atoms with E-state index >= 15 is 0 Å². The molecule has 1 heterocycles. The van der Waals surface area contributed by atoms with Gasteiger partial charge >= 0.3 is 0 Å². The summed E-state index contributed by atoms with van der Waals surface area (Å²) in [7, 11) is -1.78. The van der Waals surface area contributed by atoms with E-state index in [1.54, 1.807) is 0 Å². The highest BCUT2D eigenvalue weighted by atomic mass is 28.4. The number of carbonyl (C=O) groups is 1. The molecule has 4 nitrogen and oxygen atoms in total. The Morgan fingerprint density at radius 3 is 2.37 bits per heavy atom. The first kappa shape index (κ1) is 16.8. The number of rotatable bonds is 4. The van der Waals surface area contributed by atoms with Crippen LogP contribution in [-0.4, -0.2) is 39.2 Å². The molecule has 0 aromatic rings. The molecule has 1 rings (SSSR count). The molecule has 1 aliphatic heterocycles. The summed E-state index contributed by atoms with van der Waals surface area (Å²) in [6.07, 6.45) is 0.954. The van der Waals surface area contributed by atoms with E-state index in [-0.39, 0.29) is 11.1 Å². The summed E-state index contributed by atoms with van der Waals surface area (Å²) >= 11 is 0. The molecule has 0 aliphatic carbocycles. The molecule has 112 valence electrons. The van der Waals surface area contributed by atoms with Crippen molar-refractivity contribution in [3.05, 3.63) is 0 Å². The molecule has 0 bridgehead atoms. The van der Waals surface area contributed by atoms with Gasteiger partial charge in [-0.05, 0) is 32.0 Å². The molecule has 0 spiro atoms. The van der Waals surface area contributed by atoms with Gasteiger partial charge < -0.3 is 18.7 Å². The largest absolute Gasteiger partial charge is 0.414 e. The van der Waals surface area contributed by atoms with Crippen LogP contribution in [0.25, 0.3) is 0 Å². The molecule has 1 fully saturated rings. The Labute approximate surface area is 117 Å². The molecule has 1 aliphatic rings. The molecule has 0 amide bonds. The van der Waals surface area contributed by atoms with Crippen molar-refractivity contribution < 1.29 is 18.7 Å². The van der Waals surface area contributed by atoms with Gasteiger partial charge in [0, 0.05) is 6.42 Å². The molecular weight excluding hydrogens is 260 g/mol. The van der Waals surface area contributed by atoms with Gasteiger partial charge in [-0.3, -0.25) is 0 Å². The fraction of sp³-hybridized carbons (Fsp3) is 0.929. The Morgan fingerprint density at radius 1 is 1.32 bits per heavy atom. The van der Waals surface area contributed by atoms with Gasteiger partial charge in [-0.2, -0.15) is 0 Å². The maximum absolute atomic E-state index is 10.9. The third-order valence-electron chi connectivity index (χ3n) is 3.97. The Balaban J connectivity index is 2.60. The summed E-state index contributed by atoms with van der Waals surface area (Å²) in [6, 6.07) is 0. The minimum atomic E-state index is -1.78. The number of hydrogen-bond donors (Lipinski definition) is 0. The van der Waals surface area contributed by atoms with E-state index in [2.05, 4.69) is 33.9 Å². The lowest BCUT2D eigenvalue weighted by Crippen LogP contribution is -2.49. The van der Waals surface area contributed by atoms with Crippen molar-refractivity contribution >= 4 is 14.6 Å². The SMILES string of the molecule is CC1(C)O[C@H](CO[Si](C)(C)C(C)(C)C)C[C@H](C=O)O1. The van der Waals surface area contributed by atoms with Crippen LogP contribution in [0.15, 0.2) is 0 Å². The third kappa shape index (κ3) is 4.67. The lowest BCUT2D eigenvalue weighted by Gasteiger charge is -2.41. The summed E-state index contributed by atoms with van der Waals surface area (Å²) in [6.45, 7) is 15.3. The van der Waals surface area contributed by atoms with Gasteiger partial charge in [-0.25, -0.2) is 0 Å². The highest BCUT2D eigenvalue weighted by Gasteiger charge is 2.40. The van der Waals surface area contributed by atoms with Crippen LogP contribution in [-0.2, 0) is 18.7 Å². The van der Waals surface area contributed by atoms with Crippen LogP contribution in [0.2, 0.25) is 18.1 Å². The second kappa shape index (κ2) is 5.64. The van der Waals surface area contributed by atoms with Crippen molar-refractivity contribution in [1.29, 1.82) is 0 Å². The zero-order valence-electron chi connectivity index (χ0n) is 13.3. The Bertz CT molecular complexity index is 320. The average Bonchev–Trinajstić information content (AvgIpc) is 2.22. The quantitative estimate of drug-likeness (QED) is 0.589. The topological polar surface area (TPSA) is 44.8 Å². The van der Waals surface area contributed by atoms with E-state index in [1.807, 2.05) is 13.8 Å². The normalized spacial score (nSPS) is 28.2. The summed E-state index contributed by atoms with van der Waals surface area (Å²) in [5.74, 6) is -0.717. The number of hydrogen-bond acceptors (Lipinski definition) is 4. The second-order valence-electron chi connectivity index (χ2n) is 7.24. The smallest absolute Gasteiger partial charge is 0.192 e. The Morgan fingerprint density at radius 2 is 1.89 bits per heavy atom. The monoisotopic (exact) mass is 288 g/mol. The van der Waals surface area contributed by atoms with E-state index in [1.165, 1.54) is 0 Å². The van der Waals surface area contributed by atoms with Crippen LogP contribution >= 0.6 is 0 Å². The van der Waals surface area contributed by atoms with Crippen molar-refractivity contribution in [3.8, 4) is 0 Å². The van der Waals surface area contributed by atoms with Crippen molar-refractivity contribution in [2.24, 2.45) is 0 Å². The van der Waals surface area contributed by atoms with Gasteiger partial charge in [0.15, 0.2) is 14.1 Å². The Kier molecular flexibility index (Phi) is 4.99. The van der Waals surface area contributed by atoms with Crippen LogP contribution < -0.4 is 0 Å². The molecule has 0 radical (unpaired) electrons. The molecule has 0 aromatic carbocycles. The summed E-state index contributed by atoms with van der Waals surface area (Å²) in [5.41, 5.74) is 0. The van der Waals surface area contributed by atoms with E-state index in [4.69, 9.17) is 13.9 Å². The number of aldehydes is 1. The van der Waals surface area contributed by atoms with Gasteiger partial charge in [0.25, 0.3) is 0 Å². The third-order valence-corrected chi connectivity index (χ3v) is 8.47. The number of ether oxygens (including phenoxy) is 2. The van der Waals surface area contributed by atoms with Crippen LogP contribution in [0.4, 0.5) is 0 Å². The van der Waals surface area contributed by atoms with Crippen LogP contribution in [0.1, 0.15) is 41.0 Å². The molecule has 0 unspecified atom stereocenters. The number of carbonyl (C=O) groups excluding carboxylic acids is 1. The first-order chi connectivity index (χ1) is 8.47. The van der Waals surface area contributed by atoms with E-state index < -0.39 is 20.2 Å². The van der Waals surface area contributed by atoms with Gasteiger partial charge in [0.1, 0.15) is 12.4 Å². The average molecular weight is 288 g/mol. The lowest BCUT2D eigenvalue weighted by molar-refractivity contribution is -0.294. The van der Waals surface area contributed by atoms with E-state index in [0.29, 0.717) is 13.0 Å². The maximum Gasteiger partial charge on any atom is 0.192 e. The fourth-order valence-electron chi connectivity index (χ4n) is 1.85. The van der Waals surface area contributed by atoms with E-state index in [9.17, 15) is 4.79 Å². The first-order valence-electron chi connectivity index (χ1n) is 6.92. The highest BCUT2D eigenvalue weighted by Crippen LogP contribution is 2.37. The zero-order chi connectivity index (χ0) is 14.9. The summed E-state index contributed by atoms with van der Waals surface area (Å²) in [5, 5.41) is 0.178. The minimum absolute atomic E-state index is 0.0759. The first-order valence-corrected chi connectivity index (χ1v) is 9.82. The lowest BCUT2D eigenvalue weighted by atomic mass is 10.1. The standard InChI is InChI=1S/C14H28O4Si/c1-13(2,3)19(6,7)16-10-12-8-11(9-15)17-14(4,5)18-12/h9,11-12H,8,10H2,1-7H3/t11-,12+/m1/s1. The van der Waals surface area contributed by atoms with Crippen molar-refractivity contribution in [3.63, 3.8) is 0 Å². The van der Waals surface area contributed by atoms with Gasteiger partial charge in [0.2, 0.25) is 0 Å². The van der Waals surface area contributed by atoms with Crippen molar-refractivity contribution in [2.75, 3.05) is 6.61 Å². The minimum Gasteiger partial charge on any atom is -0.414 e. The van der Waals surface area contributed by atoms with Crippen LogP contribution in [0.3, 0.4) is 0 Å². The highest BCUT2D eigenvalue weighted by molar-refractivity contribution is 6.74. The summed E-state index contributed by atoms with van der Waals surface area (Å²) in [4.78, 5) is 10.9. The second-order valence-corrected chi connectivity index (χ2v) is 12.0. The maximum atomic E-state index is 10.9. The predicted octanol–water partition coefficient (Wildman–Crippen LogP) is 3.12. The van der Waals surface area contributed by atoms with E-state index in [0.717, 1.165) is 6.29 Å². The molecule has 5 heteroatoms. The molecule has 0 N–H and O–H groups in total. The molecule has 19 heavy (non-hydrogen) atoms. The van der Waals surface area contributed by atoms with Gasteiger partial charge in [-0.1, -0.05) is 20.8 Å². The molecule has 1 saturated heterocycles. The molecule has 0 saturated carbocycles. The van der Waals surface area contributed by atoms with Gasteiger partial charge in [0.05, 0.1) is 12.7 Å². The molecule has 2 atom stereocenters. The summed E-state index contributed by atoms with van der Waals surface area (Å²) < 4.78 is 17.5. The fourth-order valence-corrected chi connectivity index (χ4v) is 2.89. The predicted molar refractivity (Wildman–Crippen MR) is 77.7 cm³/mol. The van der Waals surface area contributed by atoms with Crippen LogP contribution in [0, 0.1) is 0 Å². The van der Waals surface area contributed by atoms with Gasteiger partial charge in [-0.15, -0.1) is 0 Å². The van der Waals surface area contributed by atoms with Crippen molar-refractivity contribution in [1.82, 2.24) is 0 Å².